The first-order valence-corrected chi connectivity index (χ1v) is 12.6. The van der Waals surface area contributed by atoms with E-state index in [0.29, 0.717) is 24.9 Å². The molecule has 2 aliphatic rings. The highest BCUT2D eigenvalue weighted by molar-refractivity contribution is 7.89. The highest BCUT2D eigenvalue weighted by Gasteiger charge is 2.37. The predicted octanol–water partition coefficient (Wildman–Crippen LogP) is 3.51. The normalized spacial score (nSPS) is 20.5. The summed E-state index contributed by atoms with van der Waals surface area (Å²) in [6.45, 7) is 4.83. The topological polar surface area (TPSA) is 101 Å². The van der Waals surface area contributed by atoms with E-state index in [9.17, 15) is 23.3 Å². The molecule has 0 radical (unpaired) electrons. The number of sulfonamides is 1. The Morgan fingerprint density at radius 2 is 1.90 bits per heavy atom. The van der Waals surface area contributed by atoms with Crippen LogP contribution in [-0.2, 0) is 21.2 Å². The number of thiophene rings is 1. The molecule has 1 amide bonds. The first-order valence-electron chi connectivity index (χ1n) is 10.3. The number of nitro benzene ring substituents is 1. The van der Waals surface area contributed by atoms with Gasteiger partial charge < -0.3 is 4.90 Å². The minimum Gasteiger partial charge on any atom is -0.335 e. The van der Waals surface area contributed by atoms with Crippen molar-refractivity contribution in [1.82, 2.24) is 9.21 Å². The SMILES string of the molecule is Cc1ccc([N+](=O)[O-])cc1S(=O)(=O)N1CCC(C(=O)N2CCc3sccc3[C@H]2C)CC1. The Hall–Kier alpha value is -2.30. The second-order valence-corrected chi connectivity index (χ2v) is 11.0. The summed E-state index contributed by atoms with van der Waals surface area (Å²) in [4.78, 5) is 26.9. The Kier molecular flexibility index (Phi) is 5.89. The van der Waals surface area contributed by atoms with Crippen LogP contribution >= 0.6 is 11.3 Å². The lowest BCUT2D eigenvalue weighted by Crippen LogP contribution is -2.46. The molecule has 1 aromatic heterocycles. The van der Waals surface area contributed by atoms with Crippen molar-refractivity contribution in [3.63, 3.8) is 0 Å². The van der Waals surface area contributed by atoms with Gasteiger partial charge in [0.2, 0.25) is 15.9 Å². The molecule has 10 heteroatoms. The fourth-order valence-corrected chi connectivity index (χ4v) is 7.18. The van der Waals surface area contributed by atoms with Crippen molar-refractivity contribution in [3.8, 4) is 0 Å². The highest BCUT2D eigenvalue weighted by atomic mass is 32.2. The summed E-state index contributed by atoms with van der Waals surface area (Å²) in [6.07, 6.45) is 1.76. The van der Waals surface area contributed by atoms with Crippen LogP contribution in [0.25, 0.3) is 0 Å². The number of rotatable bonds is 4. The number of carbonyl (C=O) groups excluding carboxylic acids is 1. The van der Waals surface area contributed by atoms with Gasteiger partial charge >= 0.3 is 0 Å². The van der Waals surface area contributed by atoms with Gasteiger partial charge in [-0.15, -0.1) is 11.3 Å². The van der Waals surface area contributed by atoms with Crippen molar-refractivity contribution < 1.29 is 18.1 Å². The first kappa shape index (κ1) is 21.9. The Morgan fingerprint density at radius 1 is 1.19 bits per heavy atom. The van der Waals surface area contributed by atoms with E-state index in [2.05, 4.69) is 11.4 Å². The lowest BCUT2D eigenvalue weighted by molar-refractivity contribution is -0.385. The molecule has 1 atom stereocenters. The van der Waals surface area contributed by atoms with E-state index < -0.39 is 14.9 Å². The van der Waals surface area contributed by atoms with Crippen molar-refractivity contribution in [1.29, 1.82) is 0 Å². The predicted molar refractivity (Wildman–Crippen MR) is 117 cm³/mol. The number of hydrogen-bond acceptors (Lipinski definition) is 6. The van der Waals surface area contributed by atoms with Crippen molar-refractivity contribution in [2.75, 3.05) is 19.6 Å². The van der Waals surface area contributed by atoms with Gasteiger partial charge in [-0.25, -0.2) is 8.42 Å². The van der Waals surface area contributed by atoms with Gasteiger partial charge in [0.1, 0.15) is 0 Å². The van der Waals surface area contributed by atoms with E-state index in [1.54, 1.807) is 18.3 Å². The second-order valence-electron chi connectivity index (χ2n) is 8.14. The molecule has 1 saturated heterocycles. The molecule has 3 heterocycles. The summed E-state index contributed by atoms with van der Waals surface area (Å²) in [7, 11) is -3.86. The number of nitrogens with zero attached hydrogens (tertiary/aromatic N) is 3. The van der Waals surface area contributed by atoms with Gasteiger partial charge in [0.15, 0.2) is 0 Å². The lowest BCUT2D eigenvalue weighted by atomic mass is 9.93. The van der Waals surface area contributed by atoms with E-state index in [4.69, 9.17) is 0 Å². The zero-order valence-electron chi connectivity index (χ0n) is 17.5. The lowest BCUT2D eigenvalue weighted by Gasteiger charge is -2.38. The largest absolute Gasteiger partial charge is 0.335 e. The third kappa shape index (κ3) is 3.99. The zero-order chi connectivity index (χ0) is 22.3. The Bertz CT molecular complexity index is 1120. The first-order chi connectivity index (χ1) is 14.7. The molecular formula is C21H25N3O5S2. The van der Waals surface area contributed by atoms with Gasteiger partial charge in [-0.05, 0) is 55.7 Å². The van der Waals surface area contributed by atoms with E-state index in [1.165, 1.54) is 26.9 Å². The van der Waals surface area contributed by atoms with Crippen molar-refractivity contribution in [2.24, 2.45) is 5.92 Å². The van der Waals surface area contributed by atoms with Crippen LogP contribution in [0.4, 0.5) is 5.69 Å². The molecular weight excluding hydrogens is 438 g/mol. The summed E-state index contributed by atoms with van der Waals surface area (Å²) in [6, 6.07) is 6.00. The molecule has 0 N–H and O–H groups in total. The molecule has 0 aliphatic carbocycles. The highest BCUT2D eigenvalue weighted by Crippen LogP contribution is 2.35. The third-order valence-electron chi connectivity index (χ3n) is 6.36. The van der Waals surface area contributed by atoms with Gasteiger partial charge in [-0.3, -0.25) is 14.9 Å². The Labute approximate surface area is 185 Å². The number of piperidine rings is 1. The zero-order valence-corrected chi connectivity index (χ0v) is 19.1. The van der Waals surface area contributed by atoms with Crippen LogP contribution in [0.1, 0.15) is 41.8 Å². The van der Waals surface area contributed by atoms with E-state index >= 15 is 0 Å². The van der Waals surface area contributed by atoms with Crippen molar-refractivity contribution in [3.05, 3.63) is 55.8 Å². The number of nitro groups is 1. The maximum absolute atomic E-state index is 13.2. The van der Waals surface area contributed by atoms with Crippen LogP contribution in [0.2, 0.25) is 0 Å². The monoisotopic (exact) mass is 463 g/mol. The van der Waals surface area contributed by atoms with E-state index in [1.807, 2.05) is 11.8 Å². The fourth-order valence-electron chi connectivity index (χ4n) is 4.51. The second kappa shape index (κ2) is 8.33. The number of benzene rings is 1. The van der Waals surface area contributed by atoms with Gasteiger partial charge in [-0.1, -0.05) is 6.07 Å². The summed E-state index contributed by atoms with van der Waals surface area (Å²) >= 11 is 1.73. The van der Waals surface area contributed by atoms with E-state index in [0.717, 1.165) is 12.5 Å². The van der Waals surface area contributed by atoms with Crippen LogP contribution in [0.15, 0.2) is 34.5 Å². The number of aryl methyl sites for hydroxylation is 1. The maximum Gasteiger partial charge on any atom is 0.270 e. The average Bonchev–Trinajstić information content (AvgIpc) is 3.23. The molecule has 0 bridgehead atoms. The summed E-state index contributed by atoms with van der Waals surface area (Å²) in [5.74, 6) is -0.117. The summed E-state index contributed by atoms with van der Waals surface area (Å²) < 4.78 is 27.6. The number of fused-ring (bicyclic) bond motifs is 1. The van der Waals surface area contributed by atoms with Crippen LogP contribution in [0.5, 0.6) is 0 Å². The molecule has 1 fully saturated rings. The molecule has 166 valence electrons. The minimum absolute atomic E-state index is 0.0387. The van der Waals surface area contributed by atoms with Crippen molar-refractivity contribution >= 4 is 33.0 Å². The standard InChI is InChI=1S/C21H25N3O5S2/c1-14-3-4-17(24(26)27)13-20(14)31(28,29)22-9-5-16(6-10-22)21(25)23-11-7-19-18(15(23)2)8-12-30-19/h3-4,8,12-13,15-16H,5-7,9-11H2,1-2H3/t15-/m1/s1. The van der Waals surface area contributed by atoms with Crippen molar-refractivity contribution in [2.45, 2.75) is 44.0 Å². The number of carbonyl (C=O) groups is 1. The number of hydrogen-bond donors (Lipinski definition) is 0. The minimum atomic E-state index is -3.86. The fraction of sp³-hybridized carbons (Fsp3) is 0.476. The number of amides is 1. The summed E-state index contributed by atoms with van der Waals surface area (Å²) in [5, 5.41) is 13.1. The van der Waals surface area contributed by atoms with Gasteiger partial charge in [-0.2, -0.15) is 4.31 Å². The van der Waals surface area contributed by atoms with E-state index in [-0.39, 0.29) is 41.5 Å². The molecule has 0 unspecified atom stereocenters. The van der Waals surface area contributed by atoms with Gasteiger partial charge in [0.25, 0.3) is 5.69 Å². The maximum atomic E-state index is 13.2. The molecule has 0 saturated carbocycles. The molecule has 2 aliphatic heterocycles. The smallest absolute Gasteiger partial charge is 0.270 e. The Balaban J connectivity index is 1.46. The molecule has 8 nitrogen and oxygen atoms in total. The molecule has 2 aromatic rings. The molecule has 0 spiro atoms. The van der Waals surface area contributed by atoms with Crippen LogP contribution in [0.3, 0.4) is 0 Å². The van der Waals surface area contributed by atoms with Gasteiger partial charge in [0.05, 0.1) is 15.9 Å². The molecule has 31 heavy (non-hydrogen) atoms. The third-order valence-corrected chi connectivity index (χ3v) is 9.40. The number of non-ortho nitro benzene ring substituents is 1. The quantitative estimate of drug-likeness (QED) is 0.510. The average molecular weight is 464 g/mol. The van der Waals surface area contributed by atoms with Crippen LogP contribution in [0, 0.1) is 23.0 Å². The summed E-state index contributed by atoms with van der Waals surface area (Å²) in [5.41, 5.74) is 1.43. The molecule has 1 aromatic carbocycles. The van der Waals surface area contributed by atoms with Crippen LogP contribution in [-0.4, -0.2) is 48.1 Å². The Morgan fingerprint density at radius 3 is 2.58 bits per heavy atom. The molecule has 4 rings (SSSR count). The van der Waals surface area contributed by atoms with Gasteiger partial charge in [0, 0.05) is 42.6 Å². The van der Waals surface area contributed by atoms with Crippen LogP contribution < -0.4 is 0 Å².